The average Bonchev–Trinajstić information content (AvgIpc) is 3.35. The highest BCUT2D eigenvalue weighted by atomic mass is 31.2. The van der Waals surface area contributed by atoms with Crippen LogP contribution in [0.15, 0.2) is 134 Å². The number of carbonyl (C=O) groups excluding carboxylic acids is 3. The number of esters is 3. The summed E-state index contributed by atoms with van der Waals surface area (Å²) in [6, 6.07) is 0. The van der Waals surface area contributed by atoms with E-state index in [9.17, 15) is 28.9 Å². The fraction of sp³-hybridized carbons (Fsp3) is 0.569. The standard InChI is InChI=1S/C58H91O11P/c1-4-7-10-13-16-19-22-25-26-27-28-31-34-37-40-43-46-49-58(62)69-55(51-65-56(60)47-44-41-38-35-32-29-23-20-17-14-11-8-5-2)53-67-70(63,64)66-52-54(50-59)68-57(61)48-45-42-39-36-33-30-24-21-18-15-12-9-6-3/h7-12,16-21,25-26,29-30,32-33,38-39,41-42,54-55,59H,4-6,13-15,22-24,27-28,31,34-37,40,43-53H2,1-3H3,(H,63,64)/b10-7-,11-8-,12-9-,19-16-,20-17-,21-18-,26-25-,32-29-,33-30-,41-38-,42-39-. The minimum Gasteiger partial charge on any atom is -0.462 e. The van der Waals surface area contributed by atoms with Crippen LogP contribution >= 0.6 is 7.82 Å². The molecule has 0 bridgehead atoms. The lowest BCUT2D eigenvalue weighted by molar-refractivity contribution is -0.161. The normalized spacial score (nSPS) is 14.5. The van der Waals surface area contributed by atoms with Crippen LogP contribution < -0.4 is 0 Å². The highest BCUT2D eigenvalue weighted by Gasteiger charge is 2.28. The van der Waals surface area contributed by atoms with Gasteiger partial charge >= 0.3 is 25.7 Å². The Bertz CT molecular complexity index is 1680. The molecule has 0 aliphatic carbocycles. The Labute approximate surface area is 423 Å². The number of aliphatic hydroxyl groups excluding tert-OH is 1. The van der Waals surface area contributed by atoms with Gasteiger partial charge in [0.2, 0.25) is 0 Å². The maximum atomic E-state index is 12.9. The number of allylic oxidation sites excluding steroid dienone is 22. The van der Waals surface area contributed by atoms with Crippen molar-refractivity contribution in [3.05, 3.63) is 134 Å². The van der Waals surface area contributed by atoms with Gasteiger partial charge in [-0.05, 0) is 103 Å². The highest BCUT2D eigenvalue weighted by molar-refractivity contribution is 7.47. The molecule has 12 heteroatoms. The van der Waals surface area contributed by atoms with Crippen LogP contribution in [0.4, 0.5) is 0 Å². The summed E-state index contributed by atoms with van der Waals surface area (Å²) in [4.78, 5) is 48.3. The van der Waals surface area contributed by atoms with Crippen LogP contribution in [-0.4, -0.2) is 66.5 Å². The molecule has 0 radical (unpaired) electrons. The minimum absolute atomic E-state index is 0.0436. The number of ether oxygens (including phenoxy) is 3. The summed E-state index contributed by atoms with van der Waals surface area (Å²) in [5.41, 5.74) is 0. The van der Waals surface area contributed by atoms with Gasteiger partial charge in [0.15, 0.2) is 6.10 Å². The Morgan fingerprint density at radius 1 is 0.400 bits per heavy atom. The van der Waals surface area contributed by atoms with E-state index in [1.165, 1.54) is 0 Å². The van der Waals surface area contributed by atoms with E-state index in [4.69, 9.17) is 23.3 Å². The highest BCUT2D eigenvalue weighted by Crippen LogP contribution is 2.43. The van der Waals surface area contributed by atoms with E-state index >= 15 is 0 Å². The van der Waals surface area contributed by atoms with Gasteiger partial charge in [0.25, 0.3) is 0 Å². The Balaban J connectivity index is 4.91. The third-order valence-corrected chi connectivity index (χ3v) is 11.0. The van der Waals surface area contributed by atoms with Gasteiger partial charge in [0.05, 0.1) is 19.8 Å². The lowest BCUT2D eigenvalue weighted by Gasteiger charge is -2.21. The van der Waals surface area contributed by atoms with Crippen LogP contribution in [0.2, 0.25) is 0 Å². The molecule has 0 fully saturated rings. The van der Waals surface area contributed by atoms with Crippen molar-refractivity contribution < 1.29 is 52.2 Å². The van der Waals surface area contributed by atoms with E-state index in [-0.39, 0.29) is 19.3 Å². The molecule has 0 aromatic rings. The van der Waals surface area contributed by atoms with E-state index < -0.39 is 64.4 Å². The molecule has 0 spiro atoms. The second-order valence-electron chi connectivity index (χ2n) is 16.5. The van der Waals surface area contributed by atoms with Crippen LogP contribution in [0.5, 0.6) is 0 Å². The van der Waals surface area contributed by atoms with Gasteiger partial charge in [-0.2, -0.15) is 0 Å². The second-order valence-corrected chi connectivity index (χ2v) is 18.0. The van der Waals surface area contributed by atoms with Crippen LogP contribution in [-0.2, 0) is 42.2 Å². The molecule has 0 aromatic heterocycles. The fourth-order valence-electron chi connectivity index (χ4n) is 6.22. The van der Waals surface area contributed by atoms with E-state index in [1.807, 2.05) is 30.4 Å². The predicted octanol–water partition coefficient (Wildman–Crippen LogP) is 15.0. The Hall–Kier alpha value is -4.38. The van der Waals surface area contributed by atoms with Gasteiger partial charge in [-0.25, -0.2) is 4.57 Å². The largest absolute Gasteiger partial charge is 0.472 e. The molecule has 3 atom stereocenters. The van der Waals surface area contributed by atoms with Gasteiger partial charge in [-0.3, -0.25) is 23.4 Å². The molecule has 2 N–H and O–H groups in total. The molecule has 0 aliphatic rings. The first-order valence-corrected chi connectivity index (χ1v) is 27.6. The number of phosphoric ester groups is 1. The molecule has 11 nitrogen and oxygen atoms in total. The van der Waals surface area contributed by atoms with Crippen LogP contribution in [0, 0.1) is 0 Å². The summed E-state index contributed by atoms with van der Waals surface area (Å²) < 4.78 is 39.2. The predicted molar refractivity (Wildman–Crippen MR) is 288 cm³/mol. The fourth-order valence-corrected chi connectivity index (χ4v) is 7.00. The first kappa shape index (κ1) is 65.6. The molecular formula is C58H91O11P. The molecule has 0 rings (SSSR count). The third-order valence-electron chi connectivity index (χ3n) is 10.1. The van der Waals surface area contributed by atoms with Crippen molar-refractivity contribution in [1.82, 2.24) is 0 Å². The van der Waals surface area contributed by atoms with Crippen molar-refractivity contribution in [3.8, 4) is 0 Å². The van der Waals surface area contributed by atoms with Crippen LogP contribution in [0.25, 0.3) is 0 Å². The summed E-state index contributed by atoms with van der Waals surface area (Å²) in [5, 5.41) is 9.76. The molecule has 3 unspecified atom stereocenters. The zero-order chi connectivity index (χ0) is 51.3. The Kier molecular flexibility index (Phi) is 47.8. The van der Waals surface area contributed by atoms with E-state index in [0.717, 1.165) is 116 Å². The summed E-state index contributed by atoms with van der Waals surface area (Å²) in [6.07, 6.45) is 63.1. The maximum absolute atomic E-state index is 12.9. The van der Waals surface area contributed by atoms with Crippen molar-refractivity contribution in [2.24, 2.45) is 0 Å². The van der Waals surface area contributed by atoms with Gasteiger partial charge in [-0.1, -0.05) is 187 Å². The monoisotopic (exact) mass is 995 g/mol. The second kappa shape index (κ2) is 51.0. The summed E-state index contributed by atoms with van der Waals surface area (Å²) in [7, 11) is -4.79. The molecule has 70 heavy (non-hydrogen) atoms. The Morgan fingerprint density at radius 2 is 0.729 bits per heavy atom. The number of hydrogen-bond acceptors (Lipinski definition) is 10. The molecule has 394 valence electrons. The minimum atomic E-state index is -4.79. The molecule has 0 saturated heterocycles. The van der Waals surface area contributed by atoms with Crippen molar-refractivity contribution in [2.45, 2.75) is 187 Å². The summed E-state index contributed by atoms with van der Waals surface area (Å²) in [6.45, 7) is 4.08. The number of phosphoric acid groups is 1. The molecule has 0 aromatic carbocycles. The van der Waals surface area contributed by atoms with Crippen molar-refractivity contribution in [3.63, 3.8) is 0 Å². The lowest BCUT2D eigenvalue weighted by atomic mass is 10.1. The van der Waals surface area contributed by atoms with Gasteiger partial charge < -0.3 is 24.2 Å². The van der Waals surface area contributed by atoms with Gasteiger partial charge in [0.1, 0.15) is 12.7 Å². The molecule has 0 amide bonds. The quantitative estimate of drug-likeness (QED) is 0.0197. The maximum Gasteiger partial charge on any atom is 0.472 e. The topological polar surface area (TPSA) is 155 Å². The molecule has 0 heterocycles. The van der Waals surface area contributed by atoms with E-state index in [0.29, 0.717) is 19.3 Å². The summed E-state index contributed by atoms with van der Waals surface area (Å²) >= 11 is 0. The zero-order valence-electron chi connectivity index (χ0n) is 43.2. The SMILES string of the molecule is CC/C=C\C/C=C\C/C=C\C/C=C\CCC(=O)OCC(COP(=O)(O)OCC(CO)OC(=O)CC/C=C\C/C=C\C/C=C\C/C=C\CC)OC(=O)CCCCCCCCC/C=C\C/C=C\C/C=C\CC. The third kappa shape index (κ3) is 48.6. The Morgan fingerprint density at radius 3 is 1.16 bits per heavy atom. The number of hydrogen-bond donors (Lipinski definition) is 2. The van der Waals surface area contributed by atoms with Crippen molar-refractivity contribution in [1.29, 1.82) is 0 Å². The van der Waals surface area contributed by atoms with E-state index in [2.05, 4.69) is 124 Å². The zero-order valence-corrected chi connectivity index (χ0v) is 44.1. The van der Waals surface area contributed by atoms with E-state index in [1.54, 1.807) is 0 Å². The van der Waals surface area contributed by atoms with Crippen LogP contribution in [0.1, 0.15) is 175 Å². The smallest absolute Gasteiger partial charge is 0.462 e. The first-order chi connectivity index (χ1) is 34.2. The molecule has 0 aliphatic heterocycles. The number of aliphatic hydroxyl groups is 1. The van der Waals surface area contributed by atoms with Crippen LogP contribution in [0.3, 0.4) is 0 Å². The number of unbranched alkanes of at least 4 members (excludes halogenated alkanes) is 7. The first-order valence-electron chi connectivity index (χ1n) is 26.1. The summed E-state index contributed by atoms with van der Waals surface area (Å²) in [5.74, 6) is -1.68. The lowest BCUT2D eigenvalue weighted by Crippen LogP contribution is -2.30. The molecular weight excluding hydrogens is 904 g/mol. The average molecular weight is 995 g/mol. The van der Waals surface area contributed by atoms with Gasteiger partial charge in [0, 0.05) is 19.3 Å². The van der Waals surface area contributed by atoms with Crippen molar-refractivity contribution in [2.75, 3.05) is 26.4 Å². The van der Waals surface area contributed by atoms with Crippen molar-refractivity contribution >= 4 is 25.7 Å². The number of carbonyl (C=O) groups is 3. The van der Waals surface area contributed by atoms with Gasteiger partial charge in [-0.15, -0.1) is 0 Å². The molecule has 0 saturated carbocycles. The number of rotatable bonds is 46.